The molecule has 0 rings (SSSR count). The largest absolute Gasteiger partial charge is 0.384 e. The lowest BCUT2D eigenvalue weighted by Crippen LogP contribution is -2.19. The van der Waals surface area contributed by atoms with E-state index in [-0.39, 0.29) is 0 Å². The summed E-state index contributed by atoms with van der Waals surface area (Å²) in [4.78, 5) is 0.581. The van der Waals surface area contributed by atoms with Crippen LogP contribution in [0.5, 0.6) is 0 Å². The van der Waals surface area contributed by atoms with Crippen LogP contribution in [-0.2, 0) is 4.74 Å². The lowest BCUT2D eigenvalue weighted by atomic mass is 9.94. The number of hydrogen-bond acceptors (Lipinski definition) is 1. The first-order chi connectivity index (χ1) is 4.59. The Morgan fingerprint density at radius 2 is 1.80 bits per heavy atom. The van der Waals surface area contributed by atoms with E-state index in [9.17, 15) is 0 Å². The van der Waals surface area contributed by atoms with E-state index in [1.165, 1.54) is 0 Å². The molecule has 0 spiro atoms. The average Bonchev–Trinajstić information content (AvgIpc) is 1.87. The van der Waals surface area contributed by atoms with Crippen molar-refractivity contribution in [3.05, 3.63) is 0 Å². The Labute approximate surface area is 72.3 Å². The van der Waals surface area contributed by atoms with Gasteiger partial charge in [0.05, 0.1) is 0 Å². The maximum absolute atomic E-state index is 5.05. The van der Waals surface area contributed by atoms with Crippen molar-refractivity contribution in [3.63, 3.8) is 0 Å². The standard InChI is InChI=1S/C8H17BrO/c1-6(5-10-4)7(2)8(3)9/h6-8H,5H2,1-4H3. The first-order valence-corrected chi connectivity index (χ1v) is 4.64. The third-order valence-electron chi connectivity index (χ3n) is 2.05. The number of alkyl halides is 1. The van der Waals surface area contributed by atoms with Gasteiger partial charge in [0.15, 0.2) is 0 Å². The molecule has 0 aliphatic carbocycles. The molecular weight excluding hydrogens is 192 g/mol. The van der Waals surface area contributed by atoms with Gasteiger partial charge < -0.3 is 4.74 Å². The van der Waals surface area contributed by atoms with Crippen molar-refractivity contribution in [2.75, 3.05) is 13.7 Å². The summed E-state index contributed by atoms with van der Waals surface area (Å²) >= 11 is 3.55. The van der Waals surface area contributed by atoms with E-state index in [1.54, 1.807) is 7.11 Å². The molecule has 3 unspecified atom stereocenters. The second-order valence-corrected chi connectivity index (χ2v) is 4.41. The van der Waals surface area contributed by atoms with Gasteiger partial charge in [-0.1, -0.05) is 36.7 Å². The Bertz CT molecular complexity index is 83.3. The fourth-order valence-corrected chi connectivity index (χ4v) is 1.39. The van der Waals surface area contributed by atoms with Crippen molar-refractivity contribution in [2.45, 2.75) is 25.6 Å². The third-order valence-corrected chi connectivity index (χ3v) is 2.89. The van der Waals surface area contributed by atoms with Crippen LogP contribution >= 0.6 is 15.9 Å². The van der Waals surface area contributed by atoms with Crippen molar-refractivity contribution in [1.82, 2.24) is 0 Å². The van der Waals surface area contributed by atoms with Crippen LogP contribution in [-0.4, -0.2) is 18.5 Å². The zero-order valence-electron chi connectivity index (χ0n) is 7.23. The Balaban J connectivity index is 3.58. The molecular formula is C8H17BrO. The van der Waals surface area contributed by atoms with Crippen LogP contribution in [0.4, 0.5) is 0 Å². The number of rotatable bonds is 4. The van der Waals surface area contributed by atoms with Gasteiger partial charge in [-0.25, -0.2) is 0 Å². The number of halogens is 1. The Morgan fingerprint density at radius 1 is 1.30 bits per heavy atom. The maximum atomic E-state index is 5.05. The monoisotopic (exact) mass is 208 g/mol. The van der Waals surface area contributed by atoms with Gasteiger partial charge in [0, 0.05) is 18.5 Å². The van der Waals surface area contributed by atoms with Crippen LogP contribution in [0.2, 0.25) is 0 Å². The molecule has 0 saturated carbocycles. The second kappa shape index (κ2) is 5.14. The summed E-state index contributed by atoms with van der Waals surface area (Å²) in [6, 6.07) is 0. The molecule has 0 aromatic carbocycles. The highest BCUT2D eigenvalue weighted by Crippen LogP contribution is 2.20. The van der Waals surface area contributed by atoms with Crippen LogP contribution in [0, 0.1) is 11.8 Å². The van der Waals surface area contributed by atoms with Crippen LogP contribution in [0.25, 0.3) is 0 Å². The SMILES string of the molecule is COCC(C)C(C)C(C)Br. The highest BCUT2D eigenvalue weighted by molar-refractivity contribution is 9.09. The number of ether oxygens (including phenoxy) is 1. The molecule has 0 radical (unpaired) electrons. The summed E-state index contributed by atoms with van der Waals surface area (Å²) in [6.07, 6.45) is 0. The first-order valence-electron chi connectivity index (χ1n) is 3.72. The fraction of sp³-hybridized carbons (Fsp3) is 1.00. The zero-order valence-corrected chi connectivity index (χ0v) is 8.81. The highest BCUT2D eigenvalue weighted by Gasteiger charge is 2.15. The van der Waals surface area contributed by atoms with Gasteiger partial charge in [-0.05, 0) is 11.8 Å². The van der Waals surface area contributed by atoms with Crippen LogP contribution in [0.15, 0.2) is 0 Å². The summed E-state index contributed by atoms with van der Waals surface area (Å²) in [7, 11) is 1.75. The number of methoxy groups -OCH3 is 1. The second-order valence-electron chi connectivity index (χ2n) is 2.97. The molecule has 0 amide bonds. The maximum Gasteiger partial charge on any atom is 0.0490 e. The molecule has 0 bridgehead atoms. The first kappa shape index (κ1) is 10.4. The van der Waals surface area contributed by atoms with Crippen molar-refractivity contribution in [2.24, 2.45) is 11.8 Å². The van der Waals surface area contributed by atoms with Crippen molar-refractivity contribution < 1.29 is 4.74 Å². The molecule has 3 atom stereocenters. The van der Waals surface area contributed by atoms with Gasteiger partial charge in [0.2, 0.25) is 0 Å². The predicted octanol–water partition coefficient (Wildman–Crippen LogP) is 2.69. The minimum atomic E-state index is 0.581. The van der Waals surface area contributed by atoms with Gasteiger partial charge in [-0.15, -0.1) is 0 Å². The van der Waals surface area contributed by atoms with Gasteiger partial charge in [0.1, 0.15) is 0 Å². The predicted molar refractivity (Wildman–Crippen MR) is 48.6 cm³/mol. The molecule has 10 heavy (non-hydrogen) atoms. The van der Waals surface area contributed by atoms with E-state index < -0.39 is 0 Å². The van der Waals surface area contributed by atoms with Gasteiger partial charge >= 0.3 is 0 Å². The zero-order chi connectivity index (χ0) is 8.15. The molecule has 0 aromatic heterocycles. The molecule has 1 nitrogen and oxygen atoms in total. The third kappa shape index (κ3) is 3.57. The quantitative estimate of drug-likeness (QED) is 0.647. The van der Waals surface area contributed by atoms with Crippen LogP contribution in [0.3, 0.4) is 0 Å². The normalized spacial score (nSPS) is 20.1. The molecule has 0 heterocycles. The minimum Gasteiger partial charge on any atom is -0.384 e. The number of hydrogen-bond donors (Lipinski definition) is 0. The van der Waals surface area contributed by atoms with Crippen molar-refractivity contribution in [1.29, 1.82) is 0 Å². The molecule has 62 valence electrons. The Morgan fingerprint density at radius 3 is 2.10 bits per heavy atom. The summed E-state index contributed by atoms with van der Waals surface area (Å²) in [5, 5.41) is 0. The molecule has 0 aliphatic heterocycles. The molecule has 0 saturated heterocycles. The van der Waals surface area contributed by atoms with E-state index in [0.29, 0.717) is 16.7 Å². The Hall–Kier alpha value is 0.440. The fourth-order valence-electron chi connectivity index (χ4n) is 0.867. The average molecular weight is 209 g/mol. The van der Waals surface area contributed by atoms with E-state index >= 15 is 0 Å². The Kier molecular flexibility index (Phi) is 5.36. The molecule has 0 N–H and O–H groups in total. The lowest BCUT2D eigenvalue weighted by molar-refractivity contribution is 0.135. The van der Waals surface area contributed by atoms with E-state index in [1.807, 2.05) is 0 Å². The minimum absolute atomic E-state index is 0.581. The molecule has 0 aromatic rings. The molecule has 2 heteroatoms. The van der Waals surface area contributed by atoms with E-state index in [4.69, 9.17) is 4.74 Å². The summed E-state index contributed by atoms with van der Waals surface area (Å²) in [5.41, 5.74) is 0. The van der Waals surface area contributed by atoms with E-state index in [2.05, 4.69) is 36.7 Å². The summed E-state index contributed by atoms with van der Waals surface area (Å²) in [6.45, 7) is 7.49. The molecule has 0 fully saturated rings. The molecule has 0 aliphatic rings. The summed E-state index contributed by atoms with van der Waals surface area (Å²) < 4.78 is 5.05. The smallest absolute Gasteiger partial charge is 0.0490 e. The van der Waals surface area contributed by atoms with Gasteiger partial charge in [-0.2, -0.15) is 0 Å². The van der Waals surface area contributed by atoms with Crippen LogP contribution in [0.1, 0.15) is 20.8 Å². The summed E-state index contributed by atoms with van der Waals surface area (Å²) in [5.74, 6) is 1.32. The van der Waals surface area contributed by atoms with Crippen LogP contribution < -0.4 is 0 Å². The van der Waals surface area contributed by atoms with Gasteiger partial charge in [-0.3, -0.25) is 0 Å². The highest BCUT2D eigenvalue weighted by atomic mass is 79.9. The van der Waals surface area contributed by atoms with Crippen molar-refractivity contribution in [3.8, 4) is 0 Å². The lowest BCUT2D eigenvalue weighted by Gasteiger charge is -2.21. The topological polar surface area (TPSA) is 9.23 Å². The van der Waals surface area contributed by atoms with Crippen molar-refractivity contribution >= 4 is 15.9 Å². The van der Waals surface area contributed by atoms with E-state index in [0.717, 1.165) is 6.61 Å². The van der Waals surface area contributed by atoms with Gasteiger partial charge in [0.25, 0.3) is 0 Å².